The standard InChI is InChI=1S/C17H25N9O2.C9H19NO2/c1-3-5-13(9-20-2)26(19)16-14(18)10-21-17(24-16)23-12-8-22-25(11-12)7-4-6-15(27)28;1-5-6-7-10-8(11)12-9(2,3)4/h5,8-11H,3-4,6-7,18-19H2,1-2H3,(H,27,28)(H,21,23,24);5-7H2,1-4H3,(H,10,11)/b13-5+,20-9?;. The SMILES string of the molecule is CC/C=C(\C=NC)N(N)c1nc(Nc2cnn(CCCC(=O)O)c2)ncc1N.CCCCNC(=O)OC(C)(C)C. The molecular weight excluding hydrogens is 516 g/mol. The van der Waals surface area contributed by atoms with Gasteiger partial charge in [0.05, 0.1) is 29.5 Å². The number of hydrogen-bond acceptors (Lipinski definition) is 11. The highest BCUT2D eigenvalue weighted by molar-refractivity contribution is 5.85. The fourth-order valence-electron chi connectivity index (χ4n) is 3.07. The van der Waals surface area contributed by atoms with Gasteiger partial charge in [-0.05, 0) is 40.0 Å². The molecule has 0 aliphatic rings. The largest absolute Gasteiger partial charge is 0.481 e. The minimum absolute atomic E-state index is 0.0913. The van der Waals surface area contributed by atoms with Gasteiger partial charge in [0, 0.05) is 39.0 Å². The molecule has 0 unspecified atom stereocenters. The Kier molecular flexibility index (Phi) is 14.7. The van der Waals surface area contributed by atoms with E-state index in [1.165, 1.54) is 11.2 Å². The summed E-state index contributed by atoms with van der Waals surface area (Å²) in [6.45, 7) is 10.8. The molecule has 0 aromatic carbocycles. The van der Waals surface area contributed by atoms with Gasteiger partial charge >= 0.3 is 12.1 Å². The summed E-state index contributed by atoms with van der Waals surface area (Å²) in [7, 11) is 1.65. The van der Waals surface area contributed by atoms with Crippen molar-refractivity contribution in [3.05, 3.63) is 30.4 Å². The summed E-state index contributed by atoms with van der Waals surface area (Å²) in [5.41, 5.74) is 7.24. The third kappa shape index (κ3) is 13.6. The smallest absolute Gasteiger partial charge is 0.407 e. The number of ether oxygens (including phenoxy) is 1. The molecule has 14 nitrogen and oxygen atoms in total. The summed E-state index contributed by atoms with van der Waals surface area (Å²) < 4.78 is 6.69. The van der Waals surface area contributed by atoms with E-state index >= 15 is 0 Å². The Morgan fingerprint density at radius 3 is 2.58 bits per heavy atom. The molecule has 0 aliphatic carbocycles. The third-order valence-electron chi connectivity index (χ3n) is 4.84. The number of carboxylic acids is 1. The Morgan fingerprint density at radius 2 is 1.98 bits per heavy atom. The molecule has 0 aliphatic heterocycles. The summed E-state index contributed by atoms with van der Waals surface area (Å²) in [4.78, 5) is 34.1. The quantitative estimate of drug-likeness (QED) is 0.103. The normalized spacial score (nSPS) is 11.5. The second-order valence-electron chi connectivity index (χ2n) is 9.66. The van der Waals surface area contributed by atoms with E-state index in [4.69, 9.17) is 21.4 Å². The van der Waals surface area contributed by atoms with Crippen LogP contribution in [0.4, 0.5) is 27.9 Å². The highest BCUT2D eigenvalue weighted by Crippen LogP contribution is 2.23. The number of nitrogens with zero attached hydrogens (tertiary/aromatic N) is 6. The summed E-state index contributed by atoms with van der Waals surface area (Å²) in [6.07, 6.45) is 11.5. The zero-order valence-corrected chi connectivity index (χ0v) is 24.3. The molecule has 0 atom stereocenters. The van der Waals surface area contributed by atoms with Crippen molar-refractivity contribution in [2.75, 3.05) is 29.7 Å². The number of nitrogens with two attached hydrogens (primary N) is 2. The number of nitrogen functional groups attached to an aromatic ring is 1. The zero-order valence-electron chi connectivity index (χ0n) is 24.3. The summed E-state index contributed by atoms with van der Waals surface area (Å²) in [6, 6.07) is 0. The van der Waals surface area contributed by atoms with Crippen molar-refractivity contribution in [2.45, 2.75) is 78.9 Å². The van der Waals surface area contributed by atoms with Crippen LogP contribution in [0, 0.1) is 0 Å². The molecule has 7 N–H and O–H groups in total. The first-order valence-electron chi connectivity index (χ1n) is 13.2. The van der Waals surface area contributed by atoms with Crippen LogP contribution in [0.15, 0.2) is 35.4 Å². The van der Waals surface area contributed by atoms with E-state index in [-0.39, 0.29) is 12.5 Å². The molecule has 14 heteroatoms. The topological polar surface area (TPSA) is 199 Å². The average molecular weight is 561 g/mol. The number of carboxylic acid groups (broad SMARTS) is 1. The number of aryl methyl sites for hydroxylation is 1. The van der Waals surface area contributed by atoms with Crippen LogP contribution < -0.4 is 27.2 Å². The number of aromatic nitrogens is 4. The Hall–Kier alpha value is -4.20. The lowest BCUT2D eigenvalue weighted by Gasteiger charge is -2.20. The molecule has 222 valence electrons. The molecule has 0 fully saturated rings. The molecule has 2 rings (SSSR count). The molecule has 0 radical (unpaired) electrons. The van der Waals surface area contributed by atoms with Gasteiger partial charge in [-0.25, -0.2) is 15.6 Å². The molecule has 0 saturated carbocycles. The van der Waals surface area contributed by atoms with Gasteiger partial charge in [-0.3, -0.25) is 19.5 Å². The summed E-state index contributed by atoms with van der Waals surface area (Å²) in [5.74, 6) is 5.98. The number of aliphatic imine (C=N–C) groups is 1. The van der Waals surface area contributed by atoms with E-state index < -0.39 is 11.6 Å². The number of unbranched alkanes of at least 4 members (excludes halogenated alkanes) is 1. The van der Waals surface area contributed by atoms with E-state index in [2.05, 4.69) is 37.6 Å². The Labute approximate surface area is 235 Å². The number of carbonyl (C=O) groups is 2. The fourth-order valence-corrected chi connectivity index (χ4v) is 3.07. The highest BCUT2D eigenvalue weighted by atomic mass is 16.6. The van der Waals surface area contributed by atoms with E-state index in [1.807, 2.05) is 33.8 Å². The zero-order chi connectivity index (χ0) is 30.1. The van der Waals surface area contributed by atoms with Crippen LogP contribution in [0.2, 0.25) is 0 Å². The first-order chi connectivity index (χ1) is 18.9. The van der Waals surface area contributed by atoms with Crippen molar-refractivity contribution < 1.29 is 19.4 Å². The molecule has 0 saturated heterocycles. The predicted molar refractivity (Wildman–Crippen MR) is 157 cm³/mol. The number of anilines is 4. The van der Waals surface area contributed by atoms with Gasteiger partial charge in [0.25, 0.3) is 0 Å². The lowest BCUT2D eigenvalue weighted by Crippen LogP contribution is -2.32. The van der Waals surface area contributed by atoms with Crippen LogP contribution >= 0.6 is 0 Å². The van der Waals surface area contributed by atoms with E-state index in [9.17, 15) is 9.59 Å². The average Bonchev–Trinajstić information content (AvgIpc) is 3.31. The minimum Gasteiger partial charge on any atom is -0.481 e. The van der Waals surface area contributed by atoms with Gasteiger partial charge in [0.2, 0.25) is 5.95 Å². The highest BCUT2D eigenvalue weighted by Gasteiger charge is 2.15. The van der Waals surface area contributed by atoms with Crippen molar-refractivity contribution in [3.63, 3.8) is 0 Å². The molecule has 2 aromatic heterocycles. The van der Waals surface area contributed by atoms with E-state index in [0.717, 1.165) is 19.3 Å². The number of amides is 1. The number of alkyl carbamates (subject to hydrolysis) is 1. The number of carbonyl (C=O) groups excluding carboxylic acids is 1. The Balaban J connectivity index is 0.000000562. The first-order valence-corrected chi connectivity index (χ1v) is 13.2. The van der Waals surface area contributed by atoms with Crippen LogP contribution in [0.5, 0.6) is 0 Å². The predicted octanol–water partition coefficient (Wildman–Crippen LogP) is 3.85. The van der Waals surface area contributed by atoms with Crippen LogP contribution in [-0.2, 0) is 16.1 Å². The molecule has 1 amide bonds. The second kappa shape index (κ2) is 17.4. The summed E-state index contributed by atoms with van der Waals surface area (Å²) >= 11 is 0. The molecule has 0 spiro atoms. The fraction of sp³-hybridized carbons (Fsp3) is 0.538. The van der Waals surface area contributed by atoms with Crippen LogP contribution in [0.3, 0.4) is 0 Å². The van der Waals surface area contributed by atoms with Gasteiger partial charge in [-0.1, -0.05) is 26.3 Å². The minimum atomic E-state index is -0.829. The number of hydrazine groups is 1. The van der Waals surface area contributed by atoms with Crippen molar-refractivity contribution >= 4 is 41.4 Å². The first kappa shape index (κ1) is 33.8. The maximum Gasteiger partial charge on any atom is 0.407 e. The number of rotatable bonds is 13. The van der Waals surface area contributed by atoms with Gasteiger partial charge in [0.15, 0.2) is 5.82 Å². The summed E-state index contributed by atoms with van der Waals surface area (Å²) in [5, 5.41) is 19.9. The lowest BCUT2D eigenvalue weighted by molar-refractivity contribution is -0.137. The second-order valence-corrected chi connectivity index (χ2v) is 9.66. The van der Waals surface area contributed by atoms with Crippen molar-refractivity contribution in [1.82, 2.24) is 25.1 Å². The van der Waals surface area contributed by atoms with Crippen LogP contribution in [0.1, 0.15) is 66.7 Å². The van der Waals surface area contributed by atoms with Crippen LogP contribution in [0.25, 0.3) is 0 Å². The van der Waals surface area contributed by atoms with Crippen LogP contribution in [-0.4, -0.2) is 62.3 Å². The Bertz CT molecular complexity index is 1120. The van der Waals surface area contributed by atoms with E-state index in [1.54, 1.807) is 30.3 Å². The monoisotopic (exact) mass is 560 g/mol. The maximum atomic E-state index is 11.0. The van der Waals surface area contributed by atoms with Gasteiger partial charge in [0.1, 0.15) is 5.60 Å². The molecule has 40 heavy (non-hydrogen) atoms. The molecule has 2 aromatic rings. The van der Waals surface area contributed by atoms with Crippen molar-refractivity contribution in [1.29, 1.82) is 0 Å². The number of hydrogen-bond donors (Lipinski definition) is 5. The molecule has 2 heterocycles. The van der Waals surface area contributed by atoms with Crippen molar-refractivity contribution in [3.8, 4) is 0 Å². The maximum absolute atomic E-state index is 11.0. The molecular formula is C26H44N10O4. The number of nitrogens with one attached hydrogen (secondary N) is 2. The van der Waals surface area contributed by atoms with Gasteiger partial charge in [-0.2, -0.15) is 10.1 Å². The van der Waals surface area contributed by atoms with Gasteiger partial charge in [-0.15, -0.1) is 0 Å². The van der Waals surface area contributed by atoms with Crippen molar-refractivity contribution in [2.24, 2.45) is 10.8 Å². The number of aliphatic carboxylic acids is 1. The van der Waals surface area contributed by atoms with E-state index in [0.29, 0.717) is 48.3 Å². The number of allylic oxidation sites excluding steroid dienone is 2. The molecule has 0 bridgehead atoms. The Morgan fingerprint density at radius 1 is 1.25 bits per heavy atom. The third-order valence-corrected chi connectivity index (χ3v) is 4.84. The lowest BCUT2D eigenvalue weighted by atomic mass is 10.2. The van der Waals surface area contributed by atoms with Gasteiger partial charge < -0.3 is 26.2 Å².